The van der Waals surface area contributed by atoms with Crippen LogP contribution in [-0.4, -0.2) is 33.9 Å². The van der Waals surface area contributed by atoms with Crippen molar-refractivity contribution >= 4 is 18.7 Å². The smallest absolute Gasteiger partial charge is 0.261 e. The van der Waals surface area contributed by atoms with Crippen LogP contribution in [0.5, 0.6) is 0 Å². The van der Waals surface area contributed by atoms with Crippen LogP contribution in [0.15, 0.2) is 60.7 Å². The topological polar surface area (TPSA) is 27.7 Å². The van der Waals surface area contributed by atoms with E-state index >= 15 is 0 Å². The lowest BCUT2D eigenvalue weighted by atomic mass is 10.1. The number of ether oxygens (including phenoxy) is 2. The summed E-state index contributed by atoms with van der Waals surface area (Å²) in [6, 6.07) is 21.9. The van der Waals surface area contributed by atoms with E-state index in [-0.39, 0.29) is 17.4 Å². The first-order valence-electron chi connectivity index (χ1n) is 17.9. The molecular formula is C41H60O3Si. The molecule has 2 aromatic rings. The van der Waals surface area contributed by atoms with Crippen LogP contribution in [0.2, 0.25) is 5.04 Å². The number of hydrogen-bond acceptors (Lipinski definition) is 3. The Morgan fingerprint density at radius 1 is 0.733 bits per heavy atom. The summed E-state index contributed by atoms with van der Waals surface area (Å²) in [7, 11) is -2.65. The van der Waals surface area contributed by atoms with Gasteiger partial charge in [-0.15, -0.1) is 23.7 Å². The second kappa shape index (κ2) is 21.5. The molecule has 1 fully saturated rings. The Labute approximate surface area is 277 Å². The van der Waals surface area contributed by atoms with Gasteiger partial charge in [0, 0.05) is 38.4 Å². The summed E-state index contributed by atoms with van der Waals surface area (Å²) >= 11 is 0. The number of rotatable bonds is 18. The molecule has 3 rings (SSSR count). The van der Waals surface area contributed by atoms with E-state index in [0.29, 0.717) is 6.61 Å². The standard InChI is InChI=1S/C41H60O3Si/c1-5-6-7-8-9-10-11-12-13-14-15-16-17-18-21-28-37(34-36-43-40-33-26-27-35-42-40)44-45(41(2,3)4,38-29-22-19-23-30-38)39-31-24-20-25-32-39/h19-20,22-25,29-32,37,40H,5-7,10-16,21,26-28,33-36H2,1-4H3. The molecule has 0 aliphatic carbocycles. The summed E-state index contributed by atoms with van der Waals surface area (Å²) in [6.07, 6.45) is 17.7. The Hall–Kier alpha value is -2.34. The predicted octanol–water partition coefficient (Wildman–Crippen LogP) is 9.57. The van der Waals surface area contributed by atoms with Crippen molar-refractivity contribution < 1.29 is 13.9 Å². The van der Waals surface area contributed by atoms with Gasteiger partial charge in [0.15, 0.2) is 6.29 Å². The summed E-state index contributed by atoms with van der Waals surface area (Å²) in [5, 5.41) is 2.58. The fraction of sp³-hybridized carbons (Fsp3) is 0.610. The lowest BCUT2D eigenvalue weighted by molar-refractivity contribution is -0.165. The summed E-state index contributed by atoms with van der Waals surface area (Å²) in [5.41, 5.74) is 0. The van der Waals surface area contributed by atoms with Crippen molar-refractivity contribution in [3.05, 3.63) is 60.7 Å². The van der Waals surface area contributed by atoms with Crippen LogP contribution in [0.1, 0.15) is 130 Å². The molecule has 3 nitrogen and oxygen atoms in total. The SMILES string of the molecule is CCCCC#CCCCCCCCC#CCCC(CCOC1CCCCO1)O[Si](c1ccccc1)(c1ccccc1)C(C)(C)C. The fourth-order valence-electron chi connectivity index (χ4n) is 6.19. The molecule has 1 aliphatic heterocycles. The monoisotopic (exact) mass is 628 g/mol. The van der Waals surface area contributed by atoms with Crippen molar-refractivity contribution in [3.63, 3.8) is 0 Å². The molecule has 0 N–H and O–H groups in total. The highest BCUT2D eigenvalue weighted by Gasteiger charge is 2.51. The average molecular weight is 629 g/mol. The lowest BCUT2D eigenvalue weighted by Gasteiger charge is -2.45. The molecule has 0 bridgehead atoms. The van der Waals surface area contributed by atoms with Crippen molar-refractivity contribution in [1.29, 1.82) is 0 Å². The molecule has 45 heavy (non-hydrogen) atoms. The highest BCUT2D eigenvalue weighted by Crippen LogP contribution is 2.38. The zero-order valence-corrected chi connectivity index (χ0v) is 29.9. The van der Waals surface area contributed by atoms with Crippen molar-refractivity contribution in [3.8, 4) is 23.7 Å². The Morgan fingerprint density at radius 2 is 1.29 bits per heavy atom. The van der Waals surface area contributed by atoms with Crippen LogP contribution in [0.25, 0.3) is 0 Å². The summed E-state index contributed by atoms with van der Waals surface area (Å²) in [5.74, 6) is 13.6. The van der Waals surface area contributed by atoms with E-state index in [1.54, 1.807) is 0 Å². The Bertz CT molecular complexity index is 1120. The fourth-order valence-corrected chi connectivity index (χ4v) is 10.9. The van der Waals surface area contributed by atoms with Gasteiger partial charge in [-0.25, -0.2) is 0 Å². The van der Waals surface area contributed by atoms with Gasteiger partial charge in [0.25, 0.3) is 8.32 Å². The lowest BCUT2D eigenvalue weighted by Crippen LogP contribution is -2.67. The Morgan fingerprint density at radius 3 is 1.82 bits per heavy atom. The van der Waals surface area contributed by atoms with Gasteiger partial charge in [-0.05, 0) is 66.8 Å². The van der Waals surface area contributed by atoms with Crippen LogP contribution in [-0.2, 0) is 13.9 Å². The molecule has 2 aromatic carbocycles. The van der Waals surface area contributed by atoms with E-state index < -0.39 is 8.32 Å². The second-order valence-electron chi connectivity index (χ2n) is 13.5. The van der Waals surface area contributed by atoms with Gasteiger partial charge >= 0.3 is 0 Å². The molecular weight excluding hydrogens is 569 g/mol. The molecule has 0 radical (unpaired) electrons. The van der Waals surface area contributed by atoms with Crippen LogP contribution >= 0.6 is 0 Å². The van der Waals surface area contributed by atoms with Gasteiger partial charge in [0.2, 0.25) is 0 Å². The maximum atomic E-state index is 7.52. The number of unbranched alkanes of at least 4 members (excludes halogenated alkanes) is 8. The average Bonchev–Trinajstić information content (AvgIpc) is 3.05. The molecule has 0 amide bonds. The highest BCUT2D eigenvalue weighted by atomic mass is 28.4. The Kier molecular flexibility index (Phi) is 17.7. The maximum Gasteiger partial charge on any atom is 0.261 e. The van der Waals surface area contributed by atoms with Crippen LogP contribution < -0.4 is 10.4 Å². The molecule has 1 heterocycles. The van der Waals surface area contributed by atoms with Crippen molar-refractivity contribution in [1.82, 2.24) is 0 Å². The minimum absolute atomic E-state index is 0.0549. The third kappa shape index (κ3) is 13.1. The first kappa shape index (κ1) is 37.1. The summed E-state index contributed by atoms with van der Waals surface area (Å²) < 4.78 is 19.6. The molecule has 1 saturated heterocycles. The summed E-state index contributed by atoms with van der Waals surface area (Å²) in [6.45, 7) is 10.7. The zero-order valence-electron chi connectivity index (χ0n) is 28.9. The molecule has 0 spiro atoms. The molecule has 246 valence electrons. The van der Waals surface area contributed by atoms with Gasteiger partial charge in [-0.3, -0.25) is 0 Å². The molecule has 4 heteroatoms. The minimum atomic E-state index is -2.65. The zero-order chi connectivity index (χ0) is 32.1. The van der Waals surface area contributed by atoms with Gasteiger partial charge in [0.05, 0.1) is 6.61 Å². The Balaban J connectivity index is 1.60. The van der Waals surface area contributed by atoms with Crippen molar-refractivity contribution in [2.75, 3.05) is 13.2 Å². The van der Waals surface area contributed by atoms with Crippen molar-refractivity contribution in [2.24, 2.45) is 0 Å². The van der Waals surface area contributed by atoms with E-state index in [0.717, 1.165) is 58.0 Å². The molecule has 0 aromatic heterocycles. The maximum absolute atomic E-state index is 7.52. The molecule has 1 aliphatic rings. The predicted molar refractivity (Wildman–Crippen MR) is 193 cm³/mol. The van der Waals surface area contributed by atoms with E-state index in [1.807, 2.05) is 0 Å². The number of benzene rings is 2. The van der Waals surface area contributed by atoms with E-state index in [2.05, 4.69) is 112 Å². The van der Waals surface area contributed by atoms with Crippen LogP contribution in [0, 0.1) is 23.7 Å². The highest BCUT2D eigenvalue weighted by molar-refractivity contribution is 6.99. The third-order valence-corrected chi connectivity index (χ3v) is 13.8. The first-order valence-corrected chi connectivity index (χ1v) is 19.8. The quantitative estimate of drug-likeness (QED) is 0.0935. The normalized spacial score (nSPS) is 15.9. The third-order valence-electron chi connectivity index (χ3n) is 8.74. The molecule has 2 atom stereocenters. The van der Waals surface area contributed by atoms with Gasteiger partial charge in [-0.2, -0.15) is 0 Å². The second-order valence-corrected chi connectivity index (χ2v) is 17.7. The van der Waals surface area contributed by atoms with Crippen LogP contribution in [0.3, 0.4) is 0 Å². The molecule has 0 saturated carbocycles. The van der Waals surface area contributed by atoms with Gasteiger partial charge < -0.3 is 13.9 Å². The molecule has 2 unspecified atom stereocenters. The van der Waals surface area contributed by atoms with E-state index in [9.17, 15) is 0 Å². The first-order chi connectivity index (χ1) is 22.0. The summed E-state index contributed by atoms with van der Waals surface area (Å²) in [4.78, 5) is 0. The van der Waals surface area contributed by atoms with Crippen molar-refractivity contribution in [2.45, 2.75) is 148 Å². The van der Waals surface area contributed by atoms with Gasteiger partial charge in [0.1, 0.15) is 0 Å². The van der Waals surface area contributed by atoms with E-state index in [1.165, 1.54) is 61.7 Å². The largest absolute Gasteiger partial charge is 0.404 e. The van der Waals surface area contributed by atoms with Gasteiger partial charge in [-0.1, -0.05) is 114 Å². The minimum Gasteiger partial charge on any atom is -0.404 e. The van der Waals surface area contributed by atoms with Crippen LogP contribution in [0.4, 0.5) is 0 Å². The number of hydrogen-bond donors (Lipinski definition) is 0. The van der Waals surface area contributed by atoms with E-state index in [4.69, 9.17) is 13.9 Å².